The molecular formula is C25H45NO4Si2. The van der Waals surface area contributed by atoms with Crippen molar-refractivity contribution in [2.75, 3.05) is 19.7 Å². The Kier molecular flexibility index (Phi) is 7.95. The first kappa shape index (κ1) is 27.2. The van der Waals surface area contributed by atoms with Gasteiger partial charge in [-0.3, -0.25) is 4.65 Å². The Hall–Kier alpha value is -0.996. The number of hydroxylamine groups is 3. The quantitative estimate of drug-likeness (QED) is 0.246. The fourth-order valence-electron chi connectivity index (χ4n) is 4.11. The zero-order valence-corrected chi connectivity index (χ0v) is 24.0. The monoisotopic (exact) mass is 479 g/mol. The molecule has 0 N–H and O–H groups in total. The minimum absolute atomic E-state index is 0.0757. The molecule has 0 radical (unpaired) electrons. The molecule has 1 heterocycles. The highest BCUT2D eigenvalue weighted by Crippen LogP contribution is 2.51. The zero-order valence-electron chi connectivity index (χ0n) is 22.0. The summed E-state index contributed by atoms with van der Waals surface area (Å²) in [7, 11) is -3.84. The fourth-order valence-corrected chi connectivity index (χ4v) is 8.42. The lowest BCUT2D eigenvalue weighted by atomic mass is 10.1. The van der Waals surface area contributed by atoms with Crippen LogP contribution in [0, 0.1) is 11.1 Å². The van der Waals surface area contributed by atoms with Gasteiger partial charge in [0, 0.05) is 18.1 Å². The highest BCUT2D eigenvalue weighted by molar-refractivity contribution is 6.81. The minimum Gasteiger partial charge on any atom is -0.622 e. The molecule has 1 aromatic carbocycles. The third kappa shape index (κ3) is 5.92. The topological polar surface area (TPSA) is 58.6 Å². The number of benzene rings is 1. The summed E-state index contributed by atoms with van der Waals surface area (Å²) in [6.07, 6.45) is -0.660. The van der Waals surface area contributed by atoms with Gasteiger partial charge in [-0.15, -0.1) is 0 Å². The molecule has 0 bridgehead atoms. The molecule has 2 rings (SSSR count). The summed E-state index contributed by atoms with van der Waals surface area (Å²) in [6.45, 7) is 24.0. The predicted octanol–water partition coefficient (Wildman–Crippen LogP) is 7.17. The molecule has 1 fully saturated rings. The van der Waals surface area contributed by atoms with E-state index >= 15 is 0 Å². The summed E-state index contributed by atoms with van der Waals surface area (Å²) in [5, 5.41) is 14.0. The largest absolute Gasteiger partial charge is 0.622 e. The first-order chi connectivity index (χ1) is 14.4. The van der Waals surface area contributed by atoms with Gasteiger partial charge in [-0.2, -0.15) is 4.79 Å². The second-order valence-corrected chi connectivity index (χ2v) is 23.2. The van der Waals surface area contributed by atoms with Crippen molar-refractivity contribution in [2.45, 2.75) is 90.0 Å². The van der Waals surface area contributed by atoms with Crippen LogP contribution >= 0.6 is 0 Å². The standard InChI is InChI=1S/C25H45NO4Si2/c1-24(2,3)31(7,8)22-17-26(28,23(27)29-18-20-14-12-11-13-15-20)16-21(22)19-30-32(9,10)25(4,5)6/h11-15,21-22H,16-19H2,1-10H3/t21-,22+,26?/m1/s1. The number of nitrogens with zero attached hydrogens (tertiary/aromatic N) is 1. The molecule has 5 nitrogen and oxygen atoms in total. The number of rotatable bonds is 6. The van der Waals surface area contributed by atoms with Crippen LogP contribution in [0.25, 0.3) is 0 Å². The van der Waals surface area contributed by atoms with Crippen molar-refractivity contribution in [1.82, 2.24) is 0 Å². The molecule has 1 unspecified atom stereocenters. The molecule has 1 aromatic rings. The smallest absolute Gasteiger partial charge is 0.516 e. The molecule has 0 aliphatic carbocycles. The number of hydrogen-bond acceptors (Lipinski definition) is 4. The average molecular weight is 480 g/mol. The lowest BCUT2D eigenvalue weighted by Gasteiger charge is -2.44. The van der Waals surface area contributed by atoms with E-state index in [-0.39, 0.29) is 34.7 Å². The maximum Gasteiger partial charge on any atom is 0.516 e. The van der Waals surface area contributed by atoms with Gasteiger partial charge in [-0.05, 0) is 28.7 Å². The van der Waals surface area contributed by atoms with Crippen LogP contribution in [0.15, 0.2) is 30.3 Å². The van der Waals surface area contributed by atoms with Gasteiger partial charge in [0.15, 0.2) is 8.32 Å². The van der Waals surface area contributed by atoms with Crippen molar-refractivity contribution < 1.29 is 18.6 Å². The Balaban J connectivity index is 2.23. The van der Waals surface area contributed by atoms with Crippen molar-refractivity contribution in [2.24, 2.45) is 5.92 Å². The van der Waals surface area contributed by atoms with Crippen LogP contribution in [-0.4, -0.2) is 46.8 Å². The van der Waals surface area contributed by atoms with Gasteiger partial charge in [0.05, 0.1) is 21.2 Å². The Morgan fingerprint density at radius 3 is 2.06 bits per heavy atom. The van der Waals surface area contributed by atoms with Crippen LogP contribution in [0.5, 0.6) is 0 Å². The fraction of sp³-hybridized carbons (Fsp3) is 0.720. The maximum absolute atomic E-state index is 13.8. The number of carbonyl (C=O) groups excluding carboxylic acids is 1. The molecule has 1 aliphatic heterocycles. The summed E-state index contributed by atoms with van der Waals surface area (Å²) < 4.78 is 11.2. The van der Waals surface area contributed by atoms with Crippen LogP contribution in [0.4, 0.5) is 4.79 Å². The van der Waals surface area contributed by atoms with E-state index in [2.05, 4.69) is 67.7 Å². The maximum atomic E-state index is 13.8. The average Bonchev–Trinajstić information content (AvgIpc) is 3.02. The van der Waals surface area contributed by atoms with Gasteiger partial charge in [0.2, 0.25) is 0 Å². The Bertz CT molecular complexity index is 783. The molecule has 1 aliphatic rings. The molecule has 182 valence electrons. The number of ether oxygens (including phenoxy) is 1. The van der Waals surface area contributed by atoms with Gasteiger partial charge in [-0.1, -0.05) is 85.0 Å². The Labute approximate surface area is 197 Å². The van der Waals surface area contributed by atoms with E-state index in [1.165, 1.54) is 0 Å². The van der Waals surface area contributed by atoms with Crippen LogP contribution in [-0.2, 0) is 15.8 Å². The van der Waals surface area contributed by atoms with Crippen LogP contribution in [0.3, 0.4) is 0 Å². The van der Waals surface area contributed by atoms with E-state index in [1.54, 1.807) is 0 Å². The lowest BCUT2D eigenvalue weighted by molar-refractivity contribution is -0.795. The zero-order chi connectivity index (χ0) is 24.6. The van der Waals surface area contributed by atoms with E-state index in [9.17, 15) is 10.0 Å². The van der Waals surface area contributed by atoms with E-state index in [1.807, 2.05) is 30.3 Å². The Morgan fingerprint density at radius 1 is 1.00 bits per heavy atom. The molecule has 1 saturated heterocycles. The molecule has 32 heavy (non-hydrogen) atoms. The molecule has 3 atom stereocenters. The van der Waals surface area contributed by atoms with E-state index < -0.39 is 27.1 Å². The minimum atomic E-state index is -1.95. The summed E-state index contributed by atoms with van der Waals surface area (Å²) in [5.41, 5.74) is 1.10. The van der Waals surface area contributed by atoms with Gasteiger partial charge >= 0.3 is 6.09 Å². The van der Waals surface area contributed by atoms with Gasteiger partial charge in [-0.25, -0.2) is 0 Å². The van der Waals surface area contributed by atoms with Crippen LogP contribution < -0.4 is 0 Å². The van der Waals surface area contributed by atoms with Gasteiger partial charge < -0.3 is 14.4 Å². The summed E-state index contributed by atoms with van der Waals surface area (Å²) in [5.74, 6) is 0.0757. The molecule has 0 aromatic heterocycles. The second-order valence-electron chi connectivity index (χ2n) is 12.7. The van der Waals surface area contributed by atoms with Crippen molar-refractivity contribution in [3.63, 3.8) is 0 Å². The van der Waals surface area contributed by atoms with Crippen molar-refractivity contribution in [1.29, 1.82) is 0 Å². The number of quaternary nitrogens is 1. The van der Waals surface area contributed by atoms with Gasteiger partial charge in [0.25, 0.3) is 0 Å². The van der Waals surface area contributed by atoms with Crippen molar-refractivity contribution in [3.05, 3.63) is 41.1 Å². The first-order valence-electron chi connectivity index (χ1n) is 11.8. The van der Waals surface area contributed by atoms with E-state index in [0.717, 1.165) is 5.56 Å². The lowest BCUT2D eigenvalue weighted by Crippen LogP contribution is -2.49. The third-order valence-corrected chi connectivity index (χ3v) is 19.3. The number of likely N-dealkylation sites (tertiary alicyclic amines) is 1. The van der Waals surface area contributed by atoms with Crippen molar-refractivity contribution in [3.8, 4) is 0 Å². The Morgan fingerprint density at radius 2 is 1.56 bits per heavy atom. The van der Waals surface area contributed by atoms with E-state index in [0.29, 0.717) is 13.2 Å². The molecule has 0 spiro atoms. The first-order valence-corrected chi connectivity index (χ1v) is 17.8. The van der Waals surface area contributed by atoms with Crippen molar-refractivity contribution >= 4 is 22.5 Å². The third-order valence-electron chi connectivity index (χ3n) is 8.45. The number of carbonyl (C=O) groups is 1. The highest BCUT2D eigenvalue weighted by Gasteiger charge is 2.56. The molecule has 1 amide bonds. The molecular weight excluding hydrogens is 434 g/mol. The summed E-state index contributed by atoms with van der Waals surface area (Å²) in [6, 6.07) is 9.54. The molecule has 0 saturated carbocycles. The van der Waals surface area contributed by atoms with Gasteiger partial charge in [0.1, 0.15) is 6.61 Å². The summed E-state index contributed by atoms with van der Waals surface area (Å²) in [4.78, 5) is 13.0. The second kappa shape index (κ2) is 9.33. The number of hydrogen-bond donors (Lipinski definition) is 0. The SMILES string of the molecule is CC(C)(C)[Si](C)(C)OC[C@H]1C[N+]([O-])(C(=O)OCc2ccccc2)C[C@@H]1[Si](C)(C)C(C)(C)C. The highest BCUT2D eigenvalue weighted by atomic mass is 28.4. The predicted molar refractivity (Wildman–Crippen MR) is 138 cm³/mol. The van der Waals surface area contributed by atoms with E-state index in [4.69, 9.17) is 9.16 Å². The van der Waals surface area contributed by atoms with Crippen LogP contribution in [0.1, 0.15) is 47.1 Å². The molecule has 7 heteroatoms. The van der Waals surface area contributed by atoms with Crippen LogP contribution in [0.2, 0.25) is 41.8 Å². The number of amides is 1. The normalized spacial score (nSPS) is 25.1. The summed E-state index contributed by atoms with van der Waals surface area (Å²) >= 11 is 0.